The second-order valence-corrected chi connectivity index (χ2v) is 9.56. The van der Waals surface area contributed by atoms with Crippen LogP contribution in [0.4, 0.5) is 5.69 Å². The Hall–Kier alpha value is -2.42. The Morgan fingerprint density at radius 3 is 2.39 bits per heavy atom. The van der Waals surface area contributed by atoms with Crippen molar-refractivity contribution in [2.24, 2.45) is 0 Å². The number of pyridine rings is 1. The molecular formula is C23H27Cl2N7O. The first-order valence-corrected chi connectivity index (χ1v) is 12.2. The van der Waals surface area contributed by atoms with Gasteiger partial charge in [0.1, 0.15) is 5.75 Å². The van der Waals surface area contributed by atoms with Gasteiger partial charge < -0.3 is 10.0 Å². The molecule has 10 heteroatoms. The Kier molecular flexibility index (Phi) is 6.66. The van der Waals surface area contributed by atoms with Crippen molar-refractivity contribution in [2.75, 3.05) is 31.1 Å². The number of aromatic nitrogens is 5. The molecule has 1 aliphatic carbocycles. The average molecular weight is 488 g/mol. The summed E-state index contributed by atoms with van der Waals surface area (Å²) in [6.07, 6.45) is 9.12. The van der Waals surface area contributed by atoms with Gasteiger partial charge in [-0.3, -0.25) is 9.88 Å². The zero-order chi connectivity index (χ0) is 22.8. The van der Waals surface area contributed by atoms with Gasteiger partial charge in [-0.15, -0.1) is 5.10 Å². The van der Waals surface area contributed by atoms with Gasteiger partial charge in [-0.05, 0) is 41.0 Å². The van der Waals surface area contributed by atoms with Crippen LogP contribution in [0.5, 0.6) is 5.75 Å². The summed E-state index contributed by atoms with van der Waals surface area (Å²) in [7, 11) is 0. The van der Waals surface area contributed by atoms with Gasteiger partial charge in [-0.2, -0.15) is 0 Å². The zero-order valence-corrected chi connectivity index (χ0v) is 19.8. The molecule has 1 unspecified atom stereocenters. The number of aromatic hydroxyl groups is 1. The molecule has 5 rings (SSSR count). The van der Waals surface area contributed by atoms with E-state index in [1.54, 1.807) is 18.5 Å². The molecule has 2 fully saturated rings. The Morgan fingerprint density at radius 2 is 1.70 bits per heavy atom. The van der Waals surface area contributed by atoms with E-state index >= 15 is 0 Å². The lowest BCUT2D eigenvalue weighted by molar-refractivity contribution is 0.193. The van der Waals surface area contributed by atoms with Crippen LogP contribution in [0.2, 0.25) is 10.0 Å². The van der Waals surface area contributed by atoms with Crippen LogP contribution in [0.15, 0.2) is 36.7 Å². The summed E-state index contributed by atoms with van der Waals surface area (Å²) < 4.78 is 2.02. The zero-order valence-electron chi connectivity index (χ0n) is 18.3. The maximum absolute atomic E-state index is 10.2. The van der Waals surface area contributed by atoms with E-state index in [-0.39, 0.29) is 11.8 Å². The molecule has 2 aliphatic rings. The van der Waals surface area contributed by atoms with Crippen LogP contribution >= 0.6 is 23.2 Å². The molecule has 1 N–H and O–H groups in total. The number of hydrogen-bond donors (Lipinski definition) is 1. The summed E-state index contributed by atoms with van der Waals surface area (Å²) in [5.41, 5.74) is 1.81. The Morgan fingerprint density at radius 1 is 0.970 bits per heavy atom. The smallest absolute Gasteiger partial charge is 0.173 e. The lowest BCUT2D eigenvalue weighted by atomic mass is 9.95. The van der Waals surface area contributed by atoms with E-state index < -0.39 is 0 Å². The summed E-state index contributed by atoms with van der Waals surface area (Å²) >= 11 is 12.8. The quantitative estimate of drug-likeness (QED) is 0.566. The van der Waals surface area contributed by atoms with Crippen molar-refractivity contribution in [2.45, 2.75) is 44.2 Å². The highest BCUT2D eigenvalue weighted by molar-refractivity contribution is 6.38. The van der Waals surface area contributed by atoms with Gasteiger partial charge in [0.15, 0.2) is 5.82 Å². The lowest BCUT2D eigenvalue weighted by Gasteiger charge is -2.40. The van der Waals surface area contributed by atoms with Crippen molar-refractivity contribution in [3.8, 4) is 5.75 Å². The van der Waals surface area contributed by atoms with Crippen LogP contribution in [-0.4, -0.2) is 61.4 Å². The van der Waals surface area contributed by atoms with Crippen molar-refractivity contribution in [3.05, 3.63) is 58.1 Å². The summed E-state index contributed by atoms with van der Waals surface area (Å²) in [5, 5.41) is 24.3. The van der Waals surface area contributed by atoms with E-state index in [0.29, 0.717) is 16.1 Å². The minimum atomic E-state index is -0.153. The molecule has 0 bridgehead atoms. The molecule has 1 atom stereocenters. The summed E-state index contributed by atoms with van der Waals surface area (Å²) in [6.45, 7) is 3.05. The standard InChI is InChI=1S/C23H27Cl2N7O/c24-19-14-26-15-20(25)22(19)31-11-9-30(10-12-31)21(16-5-4-8-18(33)13-16)23-27-28-29-32(23)17-6-2-1-3-7-17/h4-5,8,13-15,17,21,33H,1-3,6-7,9-12H2. The number of halogens is 2. The maximum atomic E-state index is 10.2. The third kappa shape index (κ3) is 4.65. The van der Waals surface area contributed by atoms with Gasteiger partial charge in [-0.25, -0.2) is 4.68 Å². The fraction of sp³-hybridized carbons (Fsp3) is 0.478. The number of rotatable bonds is 5. The van der Waals surface area contributed by atoms with Crippen LogP contribution in [0, 0.1) is 0 Å². The van der Waals surface area contributed by atoms with Crippen molar-refractivity contribution in [1.82, 2.24) is 30.1 Å². The van der Waals surface area contributed by atoms with E-state index in [0.717, 1.165) is 56.1 Å². The molecule has 33 heavy (non-hydrogen) atoms. The maximum Gasteiger partial charge on any atom is 0.173 e. The van der Waals surface area contributed by atoms with E-state index in [2.05, 4.69) is 30.3 Å². The number of phenolic OH excluding ortho intramolecular Hbond substituents is 1. The predicted molar refractivity (Wildman–Crippen MR) is 128 cm³/mol. The van der Waals surface area contributed by atoms with Crippen molar-refractivity contribution in [3.63, 3.8) is 0 Å². The molecule has 174 valence electrons. The van der Waals surface area contributed by atoms with Crippen LogP contribution < -0.4 is 4.90 Å². The van der Waals surface area contributed by atoms with Crippen molar-refractivity contribution < 1.29 is 5.11 Å². The van der Waals surface area contributed by atoms with Gasteiger partial charge in [-0.1, -0.05) is 54.6 Å². The normalized spacial score (nSPS) is 19.0. The highest BCUT2D eigenvalue weighted by Gasteiger charge is 2.33. The van der Waals surface area contributed by atoms with Gasteiger partial charge in [0, 0.05) is 38.6 Å². The SMILES string of the molecule is Oc1cccc(C(c2nnnn2C2CCCCC2)N2CCN(c3c(Cl)cncc3Cl)CC2)c1. The first-order valence-electron chi connectivity index (χ1n) is 11.5. The summed E-state index contributed by atoms with van der Waals surface area (Å²) in [4.78, 5) is 8.64. The van der Waals surface area contributed by atoms with Crippen LogP contribution in [0.3, 0.4) is 0 Å². The predicted octanol–water partition coefficient (Wildman–Crippen LogP) is 4.50. The number of anilines is 1. The van der Waals surface area contributed by atoms with Gasteiger partial charge in [0.2, 0.25) is 0 Å². The minimum absolute atomic E-state index is 0.153. The summed E-state index contributed by atoms with van der Waals surface area (Å²) in [5.74, 6) is 1.07. The Balaban J connectivity index is 1.44. The minimum Gasteiger partial charge on any atom is -0.508 e. The number of piperazine rings is 1. The molecule has 3 heterocycles. The van der Waals surface area contributed by atoms with E-state index in [4.69, 9.17) is 23.2 Å². The Labute approximate surface area is 203 Å². The third-order valence-electron chi connectivity index (χ3n) is 6.69. The molecule has 1 aliphatic heterocycles. The fourth-order valence-electron chi connectivity index (χ4n) is 5.09. The lowest BCUT2D eigenvalue weighted by Crippen LogP contribution is -2.48. The highest BCUT2D eigenvalue weighted by Crippen LogP contribution is 2.37. The van der Waals surface area contributed by atoms with Crippen molar-refractivity contribution in [1.29, 1.82) is 0 Å². The number of benzene rings is 1. The number of hydrogen-bond acceptors (Lipinski definition) is 7. The molecule has 2 aromatic heterocycles. The monoisotopic (exact) mass is 487 g/mol. The largest absolute Gasteiger partial charge is 0.508 e. The second kappa shape index (κ2) is 9.83. The van der Waals surface area contributed by atoms with Gasteiger partial charge >= 0.3 is 0 Å². The average Bonchev–Trinajstić information content (AvgIpc) is 3.30. The highest BCUT2D eigenvalue weighted by atomic mass is 35.5. The van der Waals surface area contributed by atoms with E-state index in [1.165, 1.54) is 19.3 Å². The fourth-order valence-corrected chi connectivity index (χ4v) is 5.70. The van der Waals surface area contributed by atoms with Crippen LogP contribution in [0.1, 0.15) is 55.6 Å². The van der Waals surface area contributed by atoms with Crippen molar-refractivity contribution >= 4 is 28.9 Å². The number of tetrazole rings is 1. The van der Waals surface area contributed by atoms with Crippen LogP contribution in [0.25, 0.3) is 0 Å². The molecule has 1 aromatic carbocycles. The molecule has 3 aromatic rings. The molecule has 0 spiro atoms. The van der Waals surface area contributed by atoms with Crippen LogP contribution in [-0.2, 0) is 0 Å². The molecule has 0 amide bonds. The Bertz CT molecular complexity index is 1070. The first kappa shape index (κ1) is 22.4. The molecule has 1 saturated carbocycles. The second-order valence-electron chi connectivity index (χ2n) is 8.75. The third-order valence-corrected chi connectivity index (χ3v) is 7.25. The number of phenols is 1. The van der Waals surface area contributed by atoms with Gasteiger partial charge in [0.25, 0.3) is 0 Å². The molecular weight excluding hydrogens is 461 g/mol. The molecule has 8 nitrogen and oxygen atoms in total. The summed E-state index contributed by atoms with van der Waals surface area (Å²) in [6, 6.07) is 7.58. The van der Waals surface area contributed by atoms with Gasteiger partial charge in [0.05, 0.1) is 27.8 Å². The van der Waals surface area contributed by atoms with E-state index in [9.17, 15) is 5.11 Å². The first-order chi connectivity index (χ1) is 16.1. The van der Waals surface area contributed by atoms with E-state index in [1.807, 2.05) is 22.9 Å². The topological polar surface area (TPSA) is 83.2 Å². The number of nitrogens with zero attached hydrogens (tertiary/aromatic N) is 7. The molecule has 1 saturated heterocycles. The molecule has 0 radical (unpaired) electrons.